The highest BCUT2D eigenvalue weighted by molar-refractivity contribution is 6.16. The van der Waals surface area contributed by atoms with Crippen LogP contribution in [0, 0.1) is 0 Å². The smallest absolute Gasteiger partial charge is 0.143 e. The molecule has 258 valence electrons. The molecule has 0 amide bonds. The summed E-state index contributed by atoms with van der Waals surface area (Å²) < 4.78 is 8.87. The maximum atomic E-state index is 6.50. The van der Waals surface area contributed by atoms with Crippen molar-refractivity contribution in [2.75, 3.05) is 4.90 Å². The van der Waals surface area contributed by atoms with E-state index < -0.39 is 0 Å². The van der Waals surface area contributed by atoms with Gasteiger partial charge in [0.1, 0.15) is 11.2 Å². The zero-order valence-corrected chi connectivity index (χ0v) is 29.9. The molecule has 3 heteroatoms. The fourth-order valence-electron chi connectivity index (χ4n) is 8.40. The van der Waals surface area contributed by atoms with E-state index in [2.05, 4.69) is 216 Å². The molecule has 3 nitrogen and oxygen atoms in total. The molecule has 2 heterocycles. The van der Waals surface area contributed by atoms with Crippen molar-refractivity contribution < 1.29 is 4.42 Å². The summed E-state index contributed by atoms with van der Waals surface area (Å²) in [4.78, 5) is 2.38. The zero-order chi connectivity index (χ0) is 36.3. The number of aromatic nitrogens is 1. The Morgan fingerprint density at radius 2 is 0.964 bits per heavy atom. The van der Waals surface area contributed by atoms with Crippen LogP contribution >= 0.6 is 0 Å². The van der Waals surface area contributed by atoms with Gasteiger partial charge in [0.05, 0.1) is 16.7 Å². The molecule has 0 aliphatic rings. The fourth-order valence-corrected chi connectivity index (χ4v) is 8.40. The molecule has 55 heavy (non-hydrogen) atoms. The van der Waals surface area contributed by atoms with Gasteiger partial charge in [0.15, 0.2) is 0 Å². The lowest BCUT2D eigenvalue weighted by Crippen LogP contribution is -2.11. The van der Waals surface area contributed by atoms with Gasteiger partial charge in [-0.05, 0) is 94.9 Å². The fraction of sp³-hybridized carbons (Fsp3) is 0. The van der Waals surface area contributed by atoms with Gasteiger partial charge in [-0.2, -0.15) is 0 Å². The van der Waals surface area contributed by atoms with E-state index >= 15 is 0 Å². The van der Waals surface area contributed by atoms with Gasteiger partial charge in [-0.1, -0.05) is 133 Å². The minimum absolute atomic E-state index is 0.890. The lowest BCUT2D eigenvalue weighted by Gasteiger charge is -2.28. The first-order valence-electron chi connectivity index (χ1n) is 18.8. The van der Waals surface area contributed by atoms with Crippen molar-refractivity contribution in [3.63, 3.8) is 0 Å². The molecule has 0 aliphatic carbocycles. The molecule has 11 aromatic rings. The quantitative estimate of drug-likeness (QED) is 0.172. The van der Waals surface area contributed by atoms with Crippen LogP contribution in [-0.4, -0.2) is 4.57 Å². The van der Waals surface area contributed by atoms with Crippen LogP contribution in [0.5, 0.6) is 0 Å². The van der Waals surface area contributed by atoms with Crippen molar-refractivity contribution in [2.24, 2.45) is 0 Å². The van der Waals surface area contributed by atoms with Crippen molar-refractivity contribution in [1.82, 2.24) is 4.57 Å². The van der Waals surface area contributed by atoms with Gasteiger partial charge in [0.25, 0.3) is 0 Å². The van der Waals surface area contributed by atoms with E-state index in [0.717, 1.165) is 61.2 Å². The summed E-state index contributed by atoms with van der Waals surface area (Å²) in [6.07, 6.45) is 0. The van der Waals surface area contributed by atoms with Crippen LogP contribution < -0.4 is 4.90 Å². The average Bonchev–Trinajstić information content (AvgIpc) is 3.81. The van der Waals surface area contributed by atoms with Gasteiger partial charge in [-0.25, -0.2) is 0 Å². The molecule has 0 saturated carbocycles. The highest BCUT2D eigenvalue weighted by Gasteiger charge is 2.20. The molecular weight excluding hydrogens is 669 g/mol. The second-order valence-electron chi connectivity index (χ2n) is 14.1. The third-order valence-corrected chi connectivity index (χ3v) is 11.0. The molecule has 0 fully saturated rings. The first-order chi connectivity index (χ1) is 27.3. The van der Waals surface area contributed by atoms with Crippen molar-refractivity contribution >= 4 is 71.6 Å². The molecule has 0 bridgehead atoms. The van der Waals surface area contributed by atoms with Gasteiger partial charge < -0.3 is 13.9 Å². The van der Waals surface area contributed by atoms with Crippen LogP contribution in [0.3, 0.4) is 0 Å². The highest BCUT2D eigenvalue weighted by Crippen LogP contribution is 2.44. The number of furan rings is 1. The minimum Gasteiger partial charge on any atom is -0.455 e. The van der Waals surface area contributed by atoms with E-state index in [1.807, 2.05) is 0 Å². The zero-order valence-electron chi connectivity index (χ0n) is 29.9. The van der Waals surface area contributed by atoms with Crippen LogP contribution in [0.25, 0.3) is 82.5 Å². The summed E-state index contributed by atoms with van der Waals surface area (Å²) in [6, 6.07) is 73.9. The van der Waals surface area contributed by atoms with Gasteiger partial charge >= 0.3 is 0 Å². The van der Waals surface area contributed by atoms with Crippen LogP contribution in [0.4, 0.5) is 17.1 Å². The molecule has 0 saturated heterocycles. The first-order valence-corrected chi connectivity index (χ1v) is 18.8. The standard InChI is InChI=1S/C52H34N2O/c1-2-12-35(13-3-1)36-22-26-39(27-23-36)53(40-28-30-41(31-29-40)54-49-20-10-7-17-44(49)45-18-8-11-21-50(45)54)48-19-9-6-15-42(48)38-25-33-51-47(34-38)46-32-24-37-14-4-5-16-43(37)52(46)55-51/h1-34H. The Morgan fingerprint density at radius 1 is 0.382 bits per heavy atom. The predicted octanol–water partition coefficient (Wildman–Crippen LogP) is 14.6. The van der Waals surface area contributed by atoms with E-state index in [9.17, 15) is 0 Å². The summed E-state index contributed by atoms with van der Waals surface area (Å²) in [7, 11) is 0. The lowest BCUT2D eigenvalue weighted by atomic mass is 9.98. The molecule has 0 aliphatic heterocycles. The van der Waals surface area contributed by atoms with Gasteiger partial charge in [0, 0.05) is 49.6 Å². The van der Waals surface area contributed by atoms with Gasteiger partial charge in [-0.3, -0.25) is 0 Å². The molecule has 2 aromatic heterocycles. The Balaban J connectivity index is 1.07. The van der Waals surface area contributed by atoms with Crippen molar-refractivity contribution in [3.8, 4) is 27.9 Å². The number of hydrogen-bond donors (Lipinski definition) is 0. The Labute approximate surface area is 318 Å². The summed E-state index contributed by atoms with van der Waals surface area (Å²) >= 11 is 0. The molecule has 0 unspecified atom stereocenters. The Hall–Kier alpha value is -7.36. The molecule has 0 spiro atoms. The maximum Gasteiger partial charge on any atom is 0.143 e. The van der Waals surface area contributed by atoms with E-state index in [4.69, 9.17) is 4.42 Å². The summed E-state index contributed by atoms with van der Waals surface area (Å²) in [5, 5.41) is 7.06. The second-order valence-corrected chi connectivity index (χ2v) is 14.1. The topological polar surface area (TPSA) is 21.3 Å². The van der Waals surface area contributed by atoms with E-state index in [0.29, 0.717) is 0 Å². The van der Waals surface area contributed by atoms with Gasteiger partial charge in [0.2, 0.25) is 0 Å². The molecule has 0 atom stereocenters. The average molecular weight is 703 g/mol. The number of fused-ring (bicyclic) bond motifs is 8. The molecule has 0 radical (unpaired) electrons. The SMILES string of the molecule is c1ccc(-c2ccc(N(c3ccc(-n4c5ccccc5c5ccccc54)cc3)c3ccccc3-c3ccc4oc5c6ccccc6ccc5c4c3)cc2)cc1. The Kier molecular flexibility index (Phi) is 7.17. The third-order valence-electron chi connectivity index (χ3n) is 11.0. The summed E-state index contributed by atoms with van der Waals surface area (Å²) in [6.45, 7) is 0. The van der Waals surface area contributed by atoms with Crippen LogP contribution in [0.1, 0.15) is 0 Å². The van der Waals surface area contributed by atoms with Crippen LogP contribution in [0.2, 0.25) is 0 Å². The number of hydrogen-bond acceptors (Lipinski definition) is 2. The number of nitrogens with zero attached hydrogens (tertiary/aromatic N) is 2. The number of rotatable bonds is 6. The van der Waals surface area contributed by atoms with E-state index in [1.54, 1.807) is 0 Å². The van der Waals surface area contributed by atoms with Crippen molar-refractivity contribution in [3.05, 3.63) is 206 Å². The largest absolute Gasteiger partial charge is 0.455 e. The summed E-state index contributed by atoms with van der Waals surface area (Å²) in [5.41, 5.74) is 13.2. The minimum atomic E-state index is 0.890. The first kappa shape index (κ1) is 31.2. The lowest BCUT2D eigenvalue weighted by molar-refractivity contribution is 0.672. The maximum absolute atomic E-state index is 6.50. The molecule has 9 aromatic carbocycles. The van der Waals surface area contributed by atoms with Crippen molar-refractivity contribution in [2.45, 2.75) is 0 Å². The molecule has 0 N–H and O–H groups in total. The van der Waals surface area contributed by atoms with Crippen LogP contribution in [-0.2, 0) is 0 Å². The number of para-hydroxylation sites is 3. The third kappa shape index (κ3) is 5.13. The Morgan fingerprint density at radius 3 is 1.71 bits per heavy atom. The van der Waals surface area contributed by atoms with E-state index in [-0.39, 0.29) is 0 Å². The van der Waals surface area contributed by atoms with Crippen molar-refractivity contribution in [1.29, 1.82) is 0 Å². The van der Waals surface area contributed by atoms with Gasteiger partial charge in [-0.15, -0.1) is 0 Å². The van der Waals surface area contributed by atoms with Crippen LogP contribution in [0.15, 0.2) is 211 Å². The number of anilines is 3. The highest BCUT2D eigenvalue weighted by atomic mass is 16.3. The molecule has 11 rings (SSSR count). The summed E-state index contributed by atoms with van der Waals surface area (Å²) in [5.74, 6) is 0. The Bertz CT molecular complexity index is 3140. The normalized spacial score (nSPS) is 11.6. The molecular formula is C52H34N2O. The monoisotopic (exact) mass is 702 g/mol. The second kappa shape index (κ2) is 12.6. The van der Waals surface area contributed by atoms with E-state index in [1.165, 1.54) is 38.3 Å². The predicted molar refractivity (Wildman–Crippen MR) is 231 cm³/mol. The number of benzene rings is 9.